The van der Waals surface area contributed by atoms with Crippen molar-refractivity contribution in [3.05, 3.63) is 0 Å². The first kappa shape index (κ1) is 64.5. The van der Waals surface area contributed by atoms with Crippen molar-refractivity contribution in [2.45, 2.75) is 228 Å². The van der Waals surface area contributed by atoms with E-state index >= 15 is 0 Å². The van der Waals surface area contributed by atoms with Gasteiger partial charge in [-0.05, 0) is 140 Å². The van der Waals surface area contributed by atoms with Gasteiger partial charge >= 0.3 is 0 Å². The maximum atomic E-state index is 13.4. The van der Waals surface area contributed by atoms with E-state index < -0.39 is 103 Å². The summed E-state index contributed by atoms with van der Waals surface area (Å²) in [6.45, 7) is 2.56. The Balaban J connectivity index is 0.924. The van der Waals surface area contributed by atoms with Crippen molar-refractivity contribution in [2.24, 2.45) is 59.3 Å². The molecule has 18 atom stereocenters. The molecule has 1 saturated heterocycles. The molecule has 1 aliphatic heterocycles. The lowest BCUT2D eigenvalue weighted by Crippen LogP contribution is -2.74. The quantitative estimate of drug-likeness (QED) is 0.0109. The lowest BCUT2D eigenvalue weighted by molar-refractivity contribution is -0.432. The second-order valence-corrected chi connectivity index (χ2v) is 28.4. The zero-order valence-electron chi connectivity index (χ0n) is 44.7. The molecule has 1 heterocycles. The number of aliphatic hydroxyl groups is 1. The number of nitrogens with one attached hydrogen (secondary N) is 5. The molecule has 8 rings (SSSR count). The Kier molecular flexibility index (Phi) is 25.2. The number of hydrogen-bond acceptors (Lipinski definition) is 31. The van der Waals surface area contributed by atoms with Crippen LogP contribution >= 0.6 is 36.1 Å². The molecule has 35 heteroatoms. The summed E-state index contributed by atoms with van der Waals surface area (Å²) in [5.74, 6) is -1.14. The standard InChI is InChI=1S/C45H80N12O18S5/c1-3-69-39-21-37(55-54-33-16-17-34(31-18-27(77-74-71-60)10-13-29(31)33)53-52-25-4-8-26(9-5-25)76-73-70-59)36(48-23-68-2)20-38(39)56-57-41-40(78-75-72-61)19-32-30(42(41)58)14-15-35(43(32)80(65,66)67)50-45-47-22-46-44(51-45)49-24-6-11-28(12-7-24)79(62,63)64/h23-47,49-51,58-61H,3-22H2,1-2H3,(H,62,63,64)(H,65,66,67). The molecule has 0 aromatic rings. The Bertz CT molecular complexity index is 2250. The van der Waals surface area contributed by atoms with Crippen LogP contribution in [-0.4, -0.2) is 179 Å². The van der Waals surface area contributed by atoms with E-state index in [0.29, 0.717) is 70.3 Å². The third kappa shape index (κ3) is 17.6. The van der Waals surface area contributed by atoms with Gasteiger partial charge < -0.3 is 14.6 Å². The zero-order chi connectivity index (χ0) is 56.8. The smallest absolute Gasteiger partial charge is 0.269 e. The molecule has 8 fully saturated rings. The van der Waals surface area contributed by atoms with Crippen molar-refractivity contribution in [1.82, 2.24) is 26.6 Å². The lowest BCUT2D eigenvalue weighted by atomic mass is 9.66. The SMILES string of the molecule is CCOC1CC(N=NC2CCC(N=NC3CCC(SOOO)CC3)C3CC(SOOO)CCC23)C(N=COC)CC1N=NC1C(SOOO)CC2C(CCC(NC3NCNC(NC4CCC(S(=O)(=O)O)CC4)N3)C2S(=O)(=O)O)C1O. The van der Waals surface area contributed by atoms with Crippen LogP contribution in [0, 0.1) is 23.7 Å². The highest BCUT2D eigenvalue weighted by atomic mass is 32.2. The first-order valence-electron chi connectivity index (χ1n) is 27.7. The molecule has 18 unspecified atom stereocenters. The van der Waals surface area contributed by atoms with Gasteiger partial charge in [-0.25, -0.2) is 15.8 Å². The first-order chi connectivity index (χ1) is 38.6. The molecule has 0 aromatic carbocycles. The predicted molar refractivity (Wildman–Crippen MR) is 290 cm³/mol. The largest absolute Gasteiger partial charge is 0.487 e. The van der Waals surface area contributed by atoms with Crippen molar-refractivity contribution in [2.75, 3.05) is 20.4 Å². The molecule has 8 aliphatic rings. The van der Waals surface area contributed by atoms with Gasteiger partial charge in [-0.1, -0.05) is 15.1 Å². The maximum Gasteiger partial charge on any atom is 0.269 e. The average molecular weight is 1240 g/mol. The fourth-order valence-corrected chi connectivity index (χ4v) is 18.1. The van der Waals surface area contributed by atoms with Crippen LogP contribution in [0.2, 0.25) is 0 Å². The molecule has 0 amide bonds. The van der Waals surface area contributed by atoms with E-state index in [2.05, 4.69) is 46.0 Å². The molecule has 0 spiro atoms. The predicted octanol–water partition coefficient (Wildman–Crippen LogP) is 5.00. The second-order valence-electron chi connectivity index (χ2n) is 22.2. The molecule has 0 radical (unpaired) electrons. The maximum absolute atomic E-state index is 13.4. The number of aliphatic imine (C=N–C) groups is 1. The van der Waals surface area contributed by atoms with Gasteiger partial charge in [-0.3, -0.25) is 40.7 Å². The van der Waals surface area contributed by atoms with Crippen LogP contribution in [0.5, 0.6) is 0 Å². The summed E-state index contributed by atoms with van der Waals surface area (Å²) in [4.78, 5) is 4.74. The number of fused-ring (bicyclic) bond motifs is 2. The summed E-state index contributed by atoms with van der Waals surface area (Å²) in [7, 11) is -7.35. The highest BCUT2D eigenvalue weighted by Crippen LogP contribution is 2.49. The molecule has 7 saturated carbocycles. The summed E-state index contributed by atoms with van der Waals surface area (Å²) in [5, 5.41) is 94.0. The van der Waals surface area contributed by atoms with Crippen LogP contribution in [0.15, 0.2) is 35.7 Å². The fourth-order valence-electron chi connectivity index (χ4n) is 13.8. The monoisotopic (exact) mass is 1240 g/mol. The van der Waals surface area contributed by atoms with E-state index in [9.17, 15) is 36.3 Å². The van der Waals surface area contributed by atoms with E-state index in [1.807, 2.05) is 6.92 Å². The van der Waals surface area contributed by atoms with Crippen LogP contribution in [0.1, 0.15) is 122 Å². The molecule has 80 heavy (non-hydrogen) atoms. The third-order valence-corrected chi connectivity index (χ3v) is 22.8. The average Bonchev–Trinajstić information content (AvgIpc) is 3.49. The van der Waals surface area contributed by atoms with Gasteiger partial charge in [0.15, 0.2) is 6.40 Å². The van der Waals surface area contributed by atoms with Crippen molar-refractivity contribution < 1.29 is 84.4 Å². The van der Waals surface area contributed by atoms with E-state index in [1.54, 1.807) is 0 Å². The molecule has 0 aromatic heterocycles. The van der Waals surface area contributed by atoms with Gasteiger partial charge in [-0.2, -0.15) is 47.5 Å². The normalized spacial score (nSPS) is 41.5. The highest BCUT2D eigenvalue weighted by molar-refractivity contribution is 7.95. The lowest BCUT2D eigenvalue weighted by Gasteiger charge is -2.50. The molecular formula is C45H80N12O18S5. The Labute approximate surface area is 479 Å². The van der Waals surface area contributed by atoms with Gasteiger partial charge in [-0.15, -0.1) is 13.0 Å². The Morgan fingerprint density at radius 3 is 1.90 bits per heavy atom. The summed E-state index contributed by atoms with van der Waals surface area (Å²) in [6, 6.07) is -3.25. The zero-order valence-corrected chi connectivity index (χ0v) is 48.8. The number of methoxy groups -OCH3 is 1. The number of azo groups is 3. The Morgan fingerprint density at radius 1 is 0.600 bits per heavy atom. The molecule has 11 N–H and O–H groups in total. The Hall–Kier alpha value is -1.50. The van der Waals surface area contributed by atoms with Crippen molar-refractivity contribution in [1.29, 1.82) is 0 Å². The first-order valence-corrected chi connectivity index (χ1v) is 33.1. The summed E-state index contributed by atoms with van der Waals surface area (Å²) in [5.41, 5.74) is 0. The summed E-state index contributed by atoms with van der Waals surface area (Å²) < 4.78 is 96.7. The summed E-state index contributed by atoms with van der Waals surface area (Å²) in [6.07, 6.45) is 8.99. The van der Waals surface area contributed by atoms with Gasteiger partial charge in [0.05, 0.1) is 72.7 Å². The van der Waals surface area contributed by atoms with E-state index in [1.165, 1.54) is 13.5 Å². The number of rotatable bonds is 25. The van der Waals surface area contributed by atoms with Crippen LogP contribution in [-0.2, 0) is 57.8 Å². The van der Waals surface area contributed by atoms with Gasteiger partial charge in [0.2, 0.25) is 0 Å². The van der Waals surface area contributed by atoms with Crippen LogP contribution in [0.3, 0.4) is 0 Å². The minimum Gasteiger partial charge on any atom is -0.487 e. The van der Waals surface area contributed by atoms with Crippen LogP contribution in [0.25, 0.3) is 0 Å². The molecule has 458 valence electrons. The second kappa shape index (κ2) is 31.2. The number of aliphatic hydroxyl groups excluding tert-OH is 1. The third-order valence-electron chi connectivity index (χ3n) is 17.6. The number of ether oxygens (including phenoxy) is 2. The van der Waals surface area contributed by atoms with Gasteiger partial charge in [0.25, 0.3) is 20.2 Å². The number of hydrogen-bond donors (Lipinski definition) is 11. The van der Waals surface area contributed by atoms with Gasteiger partial charge in [0, 0.05) is 71.7 Å². The van der Waals surface area contributed by atoms with E-state index in [4.69, 9.17) is 64.3 Å². The van der Waals surface area contributed by atoms with Crippen molar-refractivity contribution >= 4 is 62.8 Å². The highest BCUT2D eigenvalue weighted by Gasteiger charge is 2.56. The van der Waals surface area contributed by atoms with Gasteiger partial charge in [0.1, 0.15) is 23.9 Å². The molecule has 7 aliphatic carbocycles. The minimum absolute atomic E-state index is 0.0306. The minimum atomic E-state index is -4.74. The number of nitrogens with zero attached hydrogens (tertiary/aromatic N) is 7. The molecule has 30 nitrogen and oxygen atoms in total. The van der Waals surface area contributed by atoms with E-state index in [-0.39, 0.29) is 59.3 Å². The van der Waals surface area contributed by atoms with Crippen LogP contribution in [0.4, 0.5) is 0 Å². The van der Waals surface area contributed by atoms with Crippen LogP contribution < -0.4 is 26.6 Å². The van der Waals surface area contributed by atoms with Crippen molar-refractivity contribution in [3.63, 3.8) is 0 Å². The van der Waals surface area contributed by atoms with E-state index in [0.717, 1.165) is 81.9 Å². The van der Waals surface area contributed by atoms with Crippen molar-refractivity contribution in [3.8, 4) is 0 Å². The summed E-state index contributed by atoms with van der Waals surface area (Å²) >= 11 is 2.88. The topological polar surface area (TPSA) is 410 Å². The molecule has 0 bridgehead atoms. The molecular weight excluding hydrogens is 1160 g/mol. The fraction of sp³-hybridized carbons (Fsp3) is 0.978. The Morgan fingerprint density at radius 2 is 1.23 bits per heavy atom.